The lowest BCUT2D eigenvalue weighted by molar-refractivity contribution is -0.137. The zero-order chi connectivity index (χ0) is 38.7. The molecule has 8 atom stereocenters. The van der Waals surface area contributed by atoms with E-state index in [-0.39, 0.29) is 25.2 Å². The summed E-state index contributed by atoms with van der Waals surface area (Å²) in [6.07, 6.45) is 1.05. The van der Waals surface area contributed by atoms with Crippen LogP contribution in [0.3, 0.4) is 0 Å². The molecule has 0 rings (SSSR count). The van der Waals surface area contributed by atoms with Crippen molar-refractivity contribution >= 4 is 47.3 Å². The van der Waals surface area contributed by atoms with E-state index in [2.05, 4.69) is 26.6 Å². The third-order valence-electron chi connectivity index (χ3n) is 8.56. The SMILES string of the molecule is CC[C@@H](C)[C@H](NC(=O)[C@H](CCC(N)=O)NC(=O)[C@@H](N)C(C)C)C(=O)N[C@H](C(=O)N[C@@H](CC(N)=O)C(=O)N[C@@H](CCCCN)C(N)=O)[C@@H](C)CC. The molecule has 0 aliphatic carbocycles. The third-order valence-corrected chi connectivity index (χ3v) is 8.56. The number of nitrogens with two attached hydrogens (primary N) is 5. The van der Waals surface area contributed by atoms with E-state index in [1.165, 1.54) is 0 Å². The number of hydrogen-bond acceptors (Lipinski definition) is 10. The summed E-state index contributed by atoms with van der Waals surface area (Å²) in [6, 6.07) is -7.24. The van der Waals surface area contributed by atoms with Gasteiger partial charge in [0.25, 0.3) is 0 Å². The molecule has 50 heavy (non-hydrogen) atoms. The summed E-state index contributed by atoms with van der Waals surface area (Å²) in [5.41, 5.74) is 27.5. The summed E-state index contributed by atoms with van der Waals surface area (Å²) in [7, 11) is 0. The molecule has 0 heterocycles. The summed E-state index contributed by atoms with van der Waals surface area (Å²) in [6.45, 7) is 10.7. The monoisotopic (exact) mass is 712 g/mol. The second-order valence-corrected chi connectivity index (χ2v) is 13.1. The summed E-state index contributed by atoms with van der Waals surface area (Å²) in [5, 5.41) is 12.7. The standard InChI is InChI=1S/C32H60N10O8/c1-7-17(5)25(31(49)40-21(15-23(35)44)29(47)38-19(27(37)45)11-9-10-14-33)42-32(50)26(18(6)8-2)41-28(46)20(12-13-22(34)43)39-30(48)24(36)16(3)4/h16-21,24-26H,7-15,33,36H2,1-6H3,(H2,34,43)(H2,35,44)(H2,37,45)(H,38,47)(H,39,48)(H,40,49)(H,41,46)(H,42,50)/t17-,18+,19-,20-,21-,24-,25-,26-/m0/s1. The minimum absolute atomic E-state index is 0.155. The van der Waals surface area contributed by atoms with Crippen molar-refractivity contribution in [3.63, 3.8) is 0 Å². The molecule has 0 radical (unpaired) electrons. The quantitative estimate of drug-likeness (QED) is 0.0435. The Kier molecular flexibility index (Phi) is 21.2. The number of rotatable bonds is 25. The van der Waals surface area contributed by atoms with Crippen LogP contribution in [0, 0.1) is 17.8 Å². The normalized spacial score (nSPS) is 15.9. The van der Waals surface area contributed by atoms with Gasteiger partial charge in [-0.25, -0.2) is 0 Å². The Morgan fingerprint density at radius 3 is 1.46 bits per heavy atom. The second-order valence-electron chi connectivity index (χ2n) is 13.1. The van der Waals surface area contributed by atoms with Gasteiger partial charge in [0, 0.05) is 6.42 Å². The zero-order valence-corrected chi connectivity index (χ0v) is 30.2. The molecule has 18 heteroatoms. The Balaban J connectivity index is 6.22. The van der Waals surface area contributed by atoms with E-state index < -0.39 is 102 Å². The van der Waals surface area contributed by atoms with Gasteiger partial charge in [0.1, 0.15) is 30.2 Å². The topological polar surface area (TPSA) is 327 Å². The summed E-state index contributed by atoms with van der Waals surface area (Å²) >= 11 is 0. The summed E-state index contributed by atoms with van der Waals surface area (Å²) < 4.78 is 0. The molecular weight excluding hydrogens is 652 g/mol. The molecular formula is C32H60N10O8. The first-order chi connectivity index (χ1) is 23.3. The van der Waals surface area contributed by atoms with Crippen molar-refractivity contribution in [2.75, 3.05) is 6.54 Å². The first kappa shape index (κ1) is 45.7. The maximum atomic E-state index is 13.8. The van der Waals surface area contributed by atoms with Crippen LogP contribution in [-0.4, -0.2) is 90.1 Å². The minimum atomic E-state index is -1.50. The van der Waals surface area contributed by atoms with Crippen LogP contribution in [0.15, 0.2) is 0 Å². The largest absolute Gasteiger partial charge is 0.370 e. The Labute approximate surface area is 294 Å². The van der Waals surface area contributed by atoms with Gasteiger partial charge in [-0.1, -0.05) is 54.4 Å². The molecule has 286 valence electrons. The molecule has 0 saturated heterocycles. The highest BCUT2D eigenvalue weighted by Crippen LogP contribution is 2.14. The van der Waals surface area contributed by atoms with Crippen LogP contribution in [0.4, 0.5) is 0 Å². The number of carbonyl (C=O) groups is 8. The van der Waals surface area contributed by atoms with Crippen LogP contribution < -0.4 is 55.3 Å². The Bertz CT molecular complexity index is 1180. The van der Waals surface area contributed by atoms with E-state index in [0.717, 1.165) is 0 Å². The van der Waals surface area contributed by atoms with Gasteiger partial charge in [0.2, 0.25) is 47.3 Å². The molecule has 0 aliphatic heterocycles. The summed E-state index contributed by atoms with van der Waals surface area (Å²) in [5.74, 6) is -7.50. The molecule has 0 aromatic heterocycles. The van der Waals surface area contributed by atoms with Gasteiger partial charge in [0.05, 0.1) is 12.5 Å². The van der Waals surface area contributed by atoms with E-state index in [0.29, 0.717) is 32.2 Å². The molecule has 0 fully saturated rings. The molecule has 0 aliphatic rings. The molecule has 0 saturated carbocycles. The Morgan fingerprint density at radius 1 is 0.560 bits per heavy atom. The van der Waals surface area contributed by atoms with Gasteiger partial charge in [-0.3, -0.25) is 38.4 Å². The molecule has 0 aromatic rings. The fourth-order valence-corrected chi connectivity index (χ4v) is 4.75. The van der Waals surface area contributed by atoms with Gasteiger partial charge in [0.15, 0.2) is 0 Å². The molecule has 0 spiro atoms. The predicted molar refractivity (Wildman–Crippen MR) is 186 cm³/mol. The van der Waals surface area contributed by atoms with Gasteiger partial charge < -0.3 is 55.3 Å². The Morgan fingerprint density at radius 2 is 1.02 bits per heavy atom. The number of amides is 8. The number of primary amides is 3. The maximum Gasteiger partial charge on any atom is 0.243 e. The number of nitrogens with one attached hydrogen (secondary N) is 5. The average Bonchev–Trinajstić information content (AvgIpc) is 3.04. The lowest BCUT2D eigenvalue weighted by Crippen LogP contribution is -2.62. The van der Waals surface area contributed by atoms with E-state index >= 15 is 0 Å². The number of unbranched alkanes of at least 4 members (excludes halogenated alkanes) is 1. The van der Waals surface area contributed by atoms with Crippen molar-refractivity contribution in [1.82, 2.24) is 26.6 Å². The van der Waals surface area contributed by atoms with Gasteiger partial charge in [-0.2, -0.15) is 0 Å². The van der Waals surface area contributed by atoms with Crippen LogP contribution in [0.25, 0.3) is 0 Å². The molecule has 0 unspecified atom stereocenters. The van der Waals surface area contributed by atoms with E-state index in [9.17, 15) is 38.4 Å². The van der Waals surface area contributed by atoms with Crippen LogP contribution >= 0.6 is 0 Å². The molecule has 8 amide bonds. The first-order valence-corrected chi connectivity index (χ1v) is 17.1. The van der Waals surface area contributed by atoms with Crippen LogP contribution in [0.2, 0.25) is 0 Å². The van der Waals surface area contributed by atoms with Crippen molar-refractivity contribution in [2.45, 2.75) is 129 Å². The lowest BCUT2D eigenvalue weighted by Gasteiger charge is -2.31. The number of hydrogen-bond donors (Lipinski definition) is 10. The molecule has 0 bridgehead atoms. The second kappa shape index (κ2) is 23.2. The Hall–Kier alpha value is -4.32. The van der Waals surface area contributed by atoms with Crippen LogP contribution in [0.5, 0.6) is 0 Å². The van der Waals surface area contributed by atoms with Gasteiger partial charge in [-0.15, -0.1) is 0 Å². The highest BCUT2D eigenvalue weighted by atomic mass is 16.2. The predicted octanol–water partition coefficient (Wildman–Crippen LogP) is -2.76. The molecule has 0 aromatic carbocycles. The van der Waals surface area contributed by atoms with Crippen molar-refractivity contribution in [1.29, 1.82) is 0 Å². The van der Waals surface area contributed by atoms with Crippen molar-refractivity contribution in [2.24, 2.45) is 46.4 Å². The van der Waals surface area contributed by atoms with Crippen molar-refractivity contribution < 1.29 is 38.4 Å². The lowest BCUT2D eigenvalue weighted by atomic mass is 9.94. The molecule has 15 N–H and O–H groups in total. The van der Waals surface area contributed by atoms with Crippen molar-refractivity contribution in [3.8, 4) is 0 Å². The fraction of sp³-hybridized carbons (Fsp3) is 0.750. The van der Waals surface area contributed by atoms with Gasteiger partial charge >= 0.3 is 0 Å². The summed E-state index contributed by atoms with van der Waals surface area (Å²) in [4.78, 5) is 102. The van der Waals surface area contributed by atoms with Crippen LogP contribution in [0.1, 0.15) is 92.9 Å². The van der Waals surface area contributed by atoms with E-state index in [4.69, 9.17) is 28.7 Å². The van der Waals surface area contributed by atoms with E-state index in [1.54, 1.807) is 41.5 Å². The van der Waals surface area contributed by atoms with Crippen molar-refractivity contribution in [3.05, 3.63) is 0 Å². The first-order valence-electron chi connectivity index (χ1n) is 17.1. The zero-order valence-electron chi connectivity index (χ0n) is 30.2. The number of carbonyl (C=O) groups excluding carboxylic acids is 8. The van der Waals surface area contributed by atoms with E-state index in [1.807, 2.05) is 0 Å². The third kappa shape index (κ3) is 16.4. The smallest absolute Gasteiger partial charge is 0.243 e. The highest BCUT2D eigenvalue weighted by Gasteiger charge is 2.36. The van der Waals surface area contributed by atoms with Crippen LogP contribution in [-0.2, 0) is 38.4 Å². The average molecular weight is 713 g/mol. The fourth-order valence-electron chi connectivity index (χ4n) is 4.75. The molecule has 18 nitrogen and oxygen atoms in total. The van der Waals surface area contributed by atoms with Gasteiger partial charge in [-0.05, 0) is 50.0 Å². The maximum absolute atomic E-state index is 13.8. The minimum Gasteiger partial charge on any atom is -0.370 e. The highest BCUT2D eigenvalue weighted by molar-refractivity contribution is 5.98.